The number of aliphatic hydroxyl groups excluding tert-OH is 2. The largest absolute Gasteiger partial charge is 0.462 e. The first kappa shape index (κ1) is 61.6. The normalized spacial score (nSPS) is 13.6. The number of aliphatic hydroxyl groups is 2. The molecule has 0 spiro atoms. The standard InChI is InChI=1S/C58H105NO5/c1-4-7-10-13-16-19-22-25-27-29-30-32-34-37-40-43-46-49-54(64-58(63)51-48-45-42-39-36-24-21-18-15-12-9-6-3)52-57(62)59-55(53-60)56(61)50-47-44-41-38-35-33-31-28-26-23-20-17-14-11-8-5-2/h7,10,16,19,25,27,30,32,37,40,54-56,60-61H,4-6,8-9,11-15,17-18,20-24,26,28-29,31,33-36,38-39,41-53H2,1-3H3,(H,59,62)/b10-7-,19-16-,27-25-,32-30-,40-37-. The predicted molar refractivity (Wildman–Crippen MR) is 278 cm³/mol. The molecule has 3 atom stereocenters. The molecular weight excluding hydrogens is 791 g/mol. The number of carbonyl (C=O) groups is 2. The summed E-state index contributed by atoms with van der Waals surface area (Å²) in [5.41, 5.74) is 0. The molecule has 0 rings (SSSR count). The molecule has 0 aromatic carbocycles. The fourth-order valence-electron chi connectivity index (χ4n) is 8.23. The van der Waals surface area contributed by atoms with Crippen LogP contribution >= 0.6 is 0 Å². The Kier molecular flexibility index (Phi) is 49.6. The van der Waals surface area contributed by atoms with E-state index >= 15 is 0 Å². The van der Waals surface area contributed by atoms with Crippen molar-refractivity contribution in [1.29, 1.82) is 0 Å². The van der Waals surface area contributed by atoms with Gasteiger partial charge < -0.3 is 20.3 Å². The minimum absolute atomic E-state index is 0.0398. The Balaban J connectivity index is 4.63. The molecule has 0 saturated heterocycles. The summed E-state index contributed by atoms with van der Waals surface area (Å²) in [5.74, 6) is -0.523. The quantitative estimate of drug-likeness (QED) is 0.0321. The lowest BCUT2D eigenvalue weighted by Crippen LogP contribution is -2.46. The Labute approximate surface area is 397 Å². The van der Waals surface area contributed by atoms with Crippen LogP contribution in [0.2, 0.25) is 0 Å². The van der Waals surface area contributed by atoms with Crippen molar-refractivity contribution >= 4 is 11.9 Å². The molecule has 3 unspecified atom stereocenters. The van der Waals surface area contributed by atoms with Crippen LogP contribution in [0.25, 0.3) is 0 Å². The first-order valence-corrected chi connectivity index (χ1v) is 27.5. The Bertz CT molecular complexity index is 1140. The number of allylic oxidation sites excluding steroid dienone is 10. The molecule has 6 nitrogen and oxygen atoms in total. The number of hydrogen-bond donors (Lipinski definition) is 3. The number of amides is 1. The predicted octanol–water partition coefficient (Wildman–Crippen LogP) is 16.8. The topological polar surface area (TPSA) is 95.9 Å². The lowest BCUT2D eigenvalue weighted by molar-refractivity contribution is -0.151. The van der Waals surface area contributed by atoms with Crippen molar-refractivity contribution in [2.45, 2.75) is 289 Å². The first-order valence-electron chi connectivity index (χ1n) is 27.5. The Morgan fingerprint density at radius 2 is 0.844 bits per heavy atom. The van der Waals surface area contributed by atoms with Crippen LogP contribution in [-0.4, -0.2) is 46.9 Å². The number of rotatable bonds is 49. The monoisotopic (exact) mass is 896 g/mol. The average molecular weight is 896 g/mol. The summed E-state index contributed by atoms with van der Waals surface area (Å²) in [5, 5.41) is 23.8. The molecule has 0 bridgehead atoms. The van der Waals surface area contributed by atoms with Crippen molar-refractivity contribution in [3.05, 3.63) is 60.8 Å². The maximum atomic E-state index is 13.2. The van der Waals surface area contributed by atoms with E-state index < -0.39 is 18.2 Å². The average Bonchev–Trinajstić information content (AvgIpc) is 3.29. The third-order valence-corrected chi connectivity index (χ3v) is 12.4. The lowest BCUT2D eigenvalue weighted by atomic mass is 10.0. The van der Waals surface area contributed by atoms with Crippen molar-refractivity contribution < 1.29 is 24.5 Å². The van der Waals surface area contributed by atoms with Gasteiger partial charge in [0.1, 0.15) is 6.10 Å². The van der Waals surface area contributed by atoms with Crippen LogP contribution in [0.3, 0.4) is 0 Å². The highest BCUT2D eigenvalue weighted by Gasteiger charge is 2.24. The van der Waals surface area contributed by atoms with E-state index in [2.05, 4.69) is 86.8 Å². The van der Waals surface area contributed by atoms with Crippen LogP contribution in [0.1, 0.15) is 271 Å². The minimum Gasteiger partial charge on any atom is -0.462 e. The number of carbonyl (C=O) groups excluding carboxylic acids is 2. The molecule has 0 aromatic heterocycles. The number of nitrogens with one attached hydrogen (secondary N) is 1. The van der Waals surface area contributed by atoms with E-state index in [0.29, 0.717) is 19.3 Å². The number of esters is 1. The fraction of sp³-hybridized carbons (Fsp3) is 0.793. The van der Waals surface area contributed by atoms with Crippen LogP contribution < -0.4 is 5.32 Å². The second-order valence-electron chi connectivity index (χ2n) is 18.6. The molecule has 1 amide bonds. The van der Waals surface area contributed by atoms with Gasteiger partial charge in [-0.1, -0.05) is 255 Å². The second kappa shape index (κ2) is 51.5. The van der Waals surface area contributed by atoms with Crippen LogP contribution in [0.15, 0.2) is 60.8 Å². The van der Waals surface area contributed by atoms with E-state index in [4.69, 9.17) is 4.74 Å². The summed E-state index contributed by atoms with van der Waals surface area (Å²) in [6, 6.07) is -0.720. The molecule has 64 heavy (non-hydrogen) atoms. The summed E-state index contributed by atoms with van der Waals surface area (Å²) in [4.78, 5) is 26.2. The maximum Gasteiger partial charge on any atom is 0.306 e. The van der Waals surface area contributed by atoms with Crippen LogP contribution in [0, 0.1) is 0 Å². The zero-order valence-electron chi connectivity index (χ0n) is 42.4. The van der Waals surface area contributed by atoms with Crippen molar-refractivity contribution in [2.24, 2.45) is 0 Å². The Morgan fingerprint density at radius 3 is 1.25 bits per heavy atom. The van der Waals surface area contributed by atoms with Gasteiger partial charge in [0.25, 0.3) is 0 Å². The highest BCUT2D eigenvalue weighted by atomic mass is 16.5. The van der Waals surface area contributed by atoms with Gasteiger partial charge in [0.05, 0.1) is 25.2 Å². The first-order chi connectivity index (χ1) is 31.5. The SMILES string of the molecule is CC/C=C\C/C=C\C/C=C\C/C=C\C/C=C\CCCC(CC(=O)NC(CO)C(O)CCCCCCCCCCCCCCCCCC)OC(=O)CCCCCCCCCCCCCC. The fourth-order valence-corrected chi connectivity index (χ4v) is 8.23. The van der Waals surface area contributed by atoms with Crippen molar-refractivity contribution in [1.82, 2.24) is 5.32 Å². The van der Waals surface area contributed by atoms with Gasteiger partial charge in [-0.05, 0) is 64.2 Å². The van der Waals surface area contributed by atoms with Gasteiger partial charge >= 0.3 is 5.97 Å². The van der Waals surface area contributed by atoms with Gasteiger partial charge in [0.2, 0.25) is 5.91 Å². The highest BCUT2D eigenvalue weighted by molar-refractivity contribution is 5.77. The van der Waals surface area contributed by atoms with E-state index in [-0.39, 0.29) is 24.9 Å². The molecule has 0 saturated carbocycles. The van der Waals surface area contributed by atoms with Crippen molar-refractivity contribution in [2.75, 3.05) is 6.61 Å². The molecule has 372 valence electrons. The van der Waals surface area contributed by atoms with Gasteiger partial charge in [0.15, 0.2) is 0 Å². The molecular formula is C58H105NO5. The number of ether oxygens (including phenoxy) is 1. The highest BCUT2D eigenvalue weighted by Crippen LogP contribution is 2.18. The third kappa shape index (κ3) is 46.1. The molecule has 0 radical (unpaired) electrons. The summed E-state index contributed by atoms with van der Waals surface area (Å²) in [6.07, 6.45) is 64.3. The summed E-state index contributed by atoms with van der Waals surface area (Å²) in [7, 11) is 0. The second-order valence-corrected chi connectivity index (χ2v) is 18.6. The van der Waals surface area contributed by atoms with E-state index in [1.165, 1.54) is 141 Å². The summed E-state index contributed by atoms with van der Waals surface area (Å²) in [6.45, 7) is 6.37. The van der Waals surface area contributed by atoms with Crippen molar-refractivity contribution in [3.8, 4) is 0 Å². The van der Waals surface area contributed by atoms with Gasteiger partial charge in [0, 0.05) is 6.42 Å². The minimum atomic E-state index is -0.803. The zero-order valence-corrected chi connectivity index (χ0v) is 42.4. The number of unbranched alkanes of at least 4 members (excludes halogenated alkanes) is 27. The molecule has 6 heteroatoms. The zero-order chi connectivity index (χ0) is 46.7. The van der Waals surface area contributed by atoms with E-state index in [9.17, 15) is 19.8 Å². The third-order valence-electron chi connectivity index (χ3n) is 12.4. The van der Waals surface area contributed by atoms with Gasteiger partial charge in [-0.25, -0.2) is 0 Å². The van der Waals surface area contributed by atoms with Crippen LogP contribution in [0.4, 0.5) is 0 Å². The molecule has 0 aliphatic heterocycles. The molecule has 0 fully saturated rings. The molecule has 0 heterocycles. The Hall–Kier alpha value is -2.44. The van der Waals surface area contributed by atoms with Gasteiger partial charge in [-0.15, -0.1) is 0 Å². The molecule has 3 N–H and O–H groups in total. The summed E-state index contributed by atoms with van der Waals surface area (Å²) < 4.78 is 5.92. The van der Waals surface area contributed by atoms with E-state index in [0.717, 1.165) is 83.5 Å². The van der Waals surface area contributed by atoms with E-state index in [1.807, 2.05) is 0 Å². The molecule has 0 aromatic rings. The molecule has 0 aliphatic carbocycles. The smallest absolute Gasteiger partial charge is 0.306 e. The Morgan fingerprint density at radius 1 is 0.469 bits per heavy atom. The van der Waals surface area contributed by atoms with Crippen molar-refractivity contribution in [3.63, 3.8) is 0 Å². The van der Waals surface area contributed by atoms with Gasteiger partial charge in [-0.2, -0.15) is 0 Å². The van der Waals surface area contributed by atoms with Crippen LogP contribution in [-0.2, 0) is 14.3 Å². The van der Waals surface area contributed by atoms with E-state index in [1.54, 1.807) is 0 Å². The lowest BCUT2D eigenvalue weighted by Gasteiger charge is -2.24. The molecule has 0 aliphatic rings. The maximum absolute atomic E-state index is 13.2. The number of hydrogen-bond acceptors (Lipinski definition) is 5. The van der Waals surface area contributed by atoms with Gasteiger partial charge in [-0.3, -0.25) is 9.59 Å². The summed E-state index contributed by atoms with van der Waals surface area (Å²) >= 11 is 0. The van der Waals surface area contributed by atoms with Crippen LogP contribution in [0.5, 0.6) is 0 Å².